The van der Waals surface area contributed by atoms with Gasteiger partial charge in [-0.05, 0) is 37.6 Å². The van der Waals surface area contributed by atoms with Crippen LogP contribution in [0.1, 0.15) is 25.0 Å². The second-order valence-electron chi connectivity index (χ2n) is 4.09. The Hall–Kier alpha value is -1.41. The van der Waals surface area contributed by atoms with E-state index >= 15 is 0 Å². The van der Waals surface area contributed by atoms with Crippen molar-refractivity contribution in [2.24, 2.45) is 0 Å². The highest BCUT2D eigenvalue weighted by atomic mass is 19.1. The van der Waals surface area contributed by atoms with E-state index in [1.807, 2.05) is 13.8 Å². The van der Waals surface area contributed by atoms with Gasteiger partial charge in [0.1, 0.15) is 12.4 Å². The molecule has 0 bridgehead atoms. The number of hydrogen-bond donors (Lipinski definition) is 1. The zero-order valence-corrected chi connectivity index (χ0v) is 11.3. The van der Waals surface area contributed by atoms with E-state index in [1.54, 1.807) is 6.07 Å². The topological polar surface area (TPSA) is 38.7 Å². The molecule has 1 N–H and O–H groups in total. The van der Waals surface area contributed by atoms with E-state index in [4.69, 9.17) is 14.6 Å². The number of rotatable bonds is 6. The Bertz CT molecular complexity index is 448. The minimum atomic E-state index is -0.360. The Morgan fingerprint density at radius 3 is 2.84 bits per heavy atom. The quantitative estimate of drug-likeness (QED) is 0.801. The molecule has 104 valence electrons. The van der Waals surface area contributed by atoms with Crippen molar-refractivity contribution < 1.29 is 19.0 Å². The molecular formula is C15H19FO3. The third kappa shape index (κ3) is 6.35. The molecule has 0 radical (unpaired) electrons. The second kappa shape index (κ2) is 8.65. The summed E-state index contributed by atoms with van der Waals surface area (Å²) in [7, 11) is 0. The molecule has 19 heavy (non-hydrogen) atoms. The lowest BCUT2D eigenvalue weighted by atomic mass is 10.1. The van der Waals surface area contributed by atoms with Crippen LogP contribution in [0.5, 0.6) is 0 Å². The number of ether oxygens (including phenoxy) is 2. The van der Waals surface area contributed by atoms with Crippen molar-refractivity contribution in [3.8, 4) is 11.8 Å². The van der Waals surface area contributed by atoms with Crippen molar-refractivity contribution in [3.63, 3.8) is 0 Å². The molecule has 0 heterocycles. The summed E-state index contributed by atoms with van der Waals surface area (Å²) in [5, 5.41) is 8.62. The normalized spacial score (nSPS) is 11.8. The summed E-state index contributed by atoms with van der Waals surface area (Å²) in [5.41, 5.74) is 1.25. The van der Waals surface area contributed by atoms with Gasteiger partial charge >= 0.3 is 0 Å². The number of benzene rings is 1. The van der Waals surface area contributed by atoms with E-state index in [9.17, 15) is 4.39 Å². The van der Waals surface area contributed by atoms with Crippen LogP contribution < -0.4 is 0 Å². The Balaban J connectivity index is 2.60. The maximum atomic E-state index is 13.4. The summed E-state index contributed by atoms with van der Waals surface area (Å²) in [6.45, 7) is 5.05. The predicted molar refractivity (Wildman–Crippen MR) is 71.1 cm³/mol. The Morgan fingerprint density at radius 2 is 2.16 bits per heavy atom. The van der Waals surface area contributed by atoms with Gasteiger partial charge in [0.05, 0.1) is 19.3 Å². The number of hydrogen-bond acceptors (Lipinski definition) is 3. The van der Waals surface area contributed by atoms with Crippen molar-refractivity contribution in [1.82, 2.24) is 0 Å². The molecule has 1 aromatic carbocycles. The Labute approximate surface area is 113 Å². The van der Waals surface area contributed by atoms with Crippen LogP contribution in [0.2, 0.25) is 0 Å². The van der Waals surface area contributed by atoms with Crippen LogP contribution in [0.4, 0.5) is 4.39 Å². The molecule has 4 heteroatoms. The van der Waals surface area contributed by atoms with E-state index < -0.39 is 0 Å². The highest BCUT2D eigenvalue weighted by molar-refractivity contribution is 5.37. The lowest BCUT2D eigenvalue weighted by Gasteiger charge is -2.13. The summed E-state index contributed by atoms with van der Waals surface area (Å²) in [4.78, 5) is 0. The van der Waals surface area contributed by atoms with Crippen molar-refractivity contribution >= 4 is 0 Å². The summed E-state index contributed by atoms with van der Waals surface area (Å²) in [5.74, 6) is 4.81. The molecule has 0 amide bonds. The summed E-state index contributed by atoms with van der Waals surface area (Å²) >= 11 is 0. The van der Waals surface area contributed by atoms with E-state index in [2.05, 4.69) is 11.8 Å². The van der Waals surface area contributed by atoms with Gasteiger partial charge in [-0.3, -0.25) is 0 Å². The molecule has 0 aliphatic rings. The molecule has 0 saturated carbocycles. The van der Waals surface area contributed by atoms with E-state index in [-0.39, 0.29) is 18.5 Å². The monoisotopic (exact) mass is 266 g/mol. The summed E-state index contributed by atoms with van der Waals surface area (Å²) < 4.78 is 24.2. The van der Waals surface area contributed by atoms with Gasteiger partial charge in [-0.2, -0.15) is 0 Å². The van der Waals surface area contributed by atoms with Gasteiger partial charge in [-0.25, -0.2) is 4.39 Å². The van der Waals surface area contributed by atoms with Crippen molar-refractivity contribution in [2.45, 2.75) is 26.6 Å². The smallest absolute Gasteiger partial charge is 0.124 e. The van der Waals surface area contributed by atoms with Crippen LogP contribution in [0, 0.1) is 17.7 Å². The molecular weight excluding hydrogens is 247 g/mol. The zero-order chi connectivity index (χ0) is 14.1. The third-order valence-corrected chi connectivity index (χ3v) is 2.36. The van der Waals surface area contributed by atoms with Gasteiger partial charge in [0.2, 0.25) is 0 Å². The van der Waals surface area contributed by atoms with Crippen LogP contribution in [0.3, 0.4) is 0 Å². The van der Waals surface area contributed by atoms with Crippen LogP contribution in [-0.2, 0) is 16.1 Å². The number of aliphatic hydroxyl groups is 1. The summed E-state index contributed by atoms with van der Waals surface area (Å²) in [6, 6.07) is 4.49. The van der Waals surface area contributed by atoms with Crippen molar-refractivity contribution in [3.05, 3.63) is 35.1 Å². The second-order valence-corrected chi connectivity index (χ2v) is 4.09. The highest BCUT2D eigenvalue weighted by Gasteiger charge is 2.04. The third-order valence-electron chi connectivity index (χ3n) is 2.36. The molecule has 1 rings (SSSR count). The lowest BCUT2D eigenvalue weighted by molar-refractivity contribution is -0.0117. The highest BCUT2D eigenvalue weighted by Crippen LogP contribution is 2.11. The van der Waals surface area contributed by atoms with Gasteiger partial charge in [-0.15, -0.1) is 0 Å². The average molecular weight is 266 g/mol. The molecule has 1 aromatic rings. The average Bonchev–Trinajstić information content (AvgIpc) is 2.40. The fraction of sp³-hybridized carbons (Fsp3) is 0.467. The molecule has 1 atom stereocenters. The van der Waals surface area contributed by atoms with Crippen LogP contribution >= 0.6 is 0 Å². The molecule has 0 aliphatic carbocycles. The van der Waals surface area contributed by atoms with Gasteiger partial charge in [0.25, 0.3) is 0 Å². The van der Waals surface area contributed by atoms with E-state index in [0.29, 0.717) is 30.9 Å². The molecule has 3 nitrogen and oxygen atoms in total. The predicted octanol–water partition coefficient (Wildman–Crippen LogP) is 2.11. The lowest BCUT2D eigenvalue weighted by Crippen LogP contribution is -2.15. The molecule has 0 spiro atoms. The van der Waals surface area contributed by atoms with Crippen LogP contribution in [-0.4, -0.2) is 31.0 Å². The van der Waals surface area contributed by atoms with E-state index in [0.717, 1.165) is 0 Å². The SMILES string of the molecule is CCOCC(C)OCc1cc(F)cc(C#CCO)c1. The fourth-order valence-corrected chi connectivity index (χ4v) is 1.52. The number of halogens is 1. The first kappa shape index (κ1) is 15.6. The first-order chi connectivity index (χ1) is 9.15. The molecule has 0 fully saturated rings. The van der Waals surface area contributed by atoms with Crippen LogP contribution in [0.25, 0.3) is 0 Å². The largest absolute Gasteiger partial charge is 0.384 e. The first-order valence-corrected chi connectivity index (χ1v) is 6.24. The van der Waals surface area contributed by atoms with Gasteiger partial charge in [-0.1, -0.05) is 11.8 Å². The van der Waals surface area contributed by atoms with Crippen molar-refractivity contribution in [1.29, 1.82) is 0 Å². The maximum Gasteiger partial charge on any atom is 0.124 e. The van der Waals surface area contributed by atoms with Crippen molar-refractivity contribution in [2.75, 3.05) is 19.8 Å². The maximum absolute atomic E-state index is 13.4. The summed E-state index contributed by atoms with van der Waals surface area (Å²) in [6.07, 6.45) is -0.0461. The minimum Gasteiger partial charge on any atom is -0.384 e. The van der Waals surface area contributed by atoms with Gasteiger partial charge in [0, 0.05) is 12.2 Å². The van der Waals surface area contributed by atoms with Gasteiger partial charge in [0.15, 0.2) is 0 Å². The standard InChI is InChI=1S/C15H19FO3/c1-3-18-10-12(2)19-11-14-7-13(5-4-6-17)8-15(16)9-14/h7-9,12,17H,3,6,10-11H2,1-2H3. The Kier molecular flexibility index (Phi) is 7.12. The molecule has 0 aromatic heterocycles. The fourth-order valence-electron chi connectivity index (χ4n) is 1.52. The Morgan fingerprint density at radius 1 is 1.37 bits per heavy atom. The zero-order valence-electron chi connectivity index (χ0n) is 11.3. The molecule has 0 aliphatic heterocycles. The van der Waals surface area contributed by atoms with Gasteiger partial charge < -0.3 is 14.6 Å². The molecule has 1 unspecified atom stereocenters. The first-order valence-electron chi connectivity index (χ1n) is 6.24. The minimum absolute atomic E-state index is 0.0461. The van der Waals surface area contributed by atoms with Crippen LogP contribution in [0.15, 0.2) is 18.2 Å². The number of aliphatic hydroxyl groups excluding tert-OH is 1. The van der Waals surface area contributed by atoms with E-state index in [1.165, 1.54) is 12.1 Å². The molecule has 0 saturated heterocycles.